The molecule has 0 aliphatic carbocycles. The zero-order valence-corrected chi connectivity index (χ0v) is 19.2. The summed E-state index contributed by atoms with van der Waals surface area (Å²) in [6, 6.07) is 8.32. The summed E-state index contributed by atoms with van der Waals surface area (Å²) < 4.78 is 0. The van der Waals surface area contributed by atoms with Crippen molar-refractivity contribution < 1.29 is 4.79 Å². The van der Waals surface area contributed by atoms with E-state index in [9.17, 15) is 4.79 Å². The van der Waals surface area contributed by atoms with Gasteiger partial charge in [0.05, 0.1) is 6.54 Å². The summed E-state index contributed by atoms with van der Waals surface area (Å²) in [5.74, 6) is 2.39. The minimum Gasteiger partial charge on any atom is -0.357 e. The second-order valence-corrected chi connectivity index (χ2v) is 8.31. The highest BCUT2D eigenvalue weighted by molar-refractivity contribution is 14.0. The third-order valence-corrected chi connectivity index (χ3v) is 6.26. The fourth-order valence-corrected chi connectivity index (χ4v) is 4.62. The van der Waals surface area contributed by atoms with Crippen molar-refractivity contribution >= 4 is 47.6 Å². The number of thioether (sulfide) groups is 1. The molecule has 1 aromatic carbocycles. The number of carbonyl (C=O) groups is 1. The Hall–Kier alpha value is -0.960. The van der Waals surface area contributed by atoms with Crippen molar-refractivity contribution in [2.24, 2.45) is 4.99 Å². The molecule has 1 saturated heterocycles. The van der Waals surface area contributed by atoms with Crippen LogP contribution in [-0.2, 0) is 17.9 Å². The van der Waals surface area contributed by atoms with Gasteiger partial charge in [0.25, 0.3) is 0 Å². The van der Waals surface area contributed by atoms with Gasteiger partial charge in [0.1, 0.15) is 0 Å². The molecule has 2 aliphatic rings. The lowest BCUT2D eigenvalue weighted by atomic mass is 10.1. The van der Waals surface area contributed by atoms with Crippen LogP contribution in [0.4, 0.5) is 0 Å². The summed E-state index contributed by atoms with van der Waals surface area (Å²) in [7, 11) is 0. The highest BCUT2D eigenvalue weighted by Gasteiger charge is 2.22. The lowest BCUT2D eigenvalue weighted by Gasteiger charge is -2.16. The van der Waals surface area contributed by atoms with Gasteiger partial charge in [0, 0.05) is 37.8 Å². The number of hydrogen-bond acceptors (Lipinski definition) is 3. The van der Waals surface area contributed by atoms with Gasteiger partial charge in [-0.05, 0) is 43.1 Å². The molecule has 5 nitrogen and oxygen atoms in total. The summed E-state index contributed by atoms with van der Waals surface area (Å²) in [4.78, 5) is 19.1. The number of carbonyl (C=O) groups excluding carboxylic acids is 1. The summed E-state index contributed by atoms with van der Waals surface area (Å²) in [5, 5.41) is 7.33. The van der Waals surface area contributed by atoms with Crippen molar-refractivity contribution in [1.29, 1.82) is 0 Å². The Kier molecular flexibility index (Phi) is 9.75. The van der Waals surface area contributed by atoms with E-state index in [4.69, 9.17) is 4.99 Å². The van der Waals surface area contributed by atoms with Crippen molar-refractivity contribution in [1.82, 2.24) is 15.5 Å². The van der Waals surface area contributed by atoms with Crippen LogP contribution in [0.1, 0.15) is 43.7 Å². The van der Waals surface area contributed by atoms with Crippen molar-refractivity contribution in [2.45, 2.75) is 50.9 Å². The smallest absolute Gasteiger partial charge is 0.223 e. The summed E-state index contributed by atoms with van der Waals surface area (Å²) in [5.41, 5.74) is 2.57. The van der Waals surface area contributed by atoms with Crippen molar-refractivity contribution in [3.63, 3.8) is 0 Å². The van der Waals surface area contributed by atoms with Gasteiger partial charge < -0.3 is 15.5 Å². The first-order chi connectivity index (χ1) is 12.8. The normalized spacial score (nSPS) is 18.8. The molecule has 3 rings (SSSR count). The third-order valence-electron chi connectivity index (χ3n) is 4.87. The Morgan fingerprint density at radius 1 is 1.26 bits per heavy atom. The third kappa shape index (κ3) is 6.85. The highest BCUT2D eigenvalue weighted by atomic mass is 127. The molecular weight excluding hydrogens is 471 g/mol. The van der Waals surface area contributed by atoms with Crippen molar-refractivity contribution in [3.8, 4) is 0 Å². The van der Waals surface area contributed by atoms with E-state index in [0.717, 1.165) is 45.1 Å². The average Bonchev–Trinajstić information content (AvgIpc) is 3.32. The van der Waals surface area contributed by atoms with Crippen LogP contribution in [0.5, 0.6) is 0 Å². The average molecular weight is 502 g/mol. The van der Waals surface area contributed by atoms with Crippen LogP contribution in [0.3, 0.4) is 0 Å². The Balaban J connectivity index is 0.00000261. The lowest BCUT2D eigenvalue weighted by molar-refractivity contribution is -0.131. The monoisotopic (exact) mass is 502 g/mol. The molecule has 2 heterocycles. The maximum Gasteiger partial charge on any atom is 0.223 e. The van der Waals surface area contributed by atoms with Gasteiger partial charge >= 0.3 is 0 Å². The number of hydrogen-bond donors (Lipinski definition) is 2. The van der Waals surface area contributed by atoms with Crippen molar-refractivity contribution in [2.75, 3.05) is 25.4 Å². The lowest BCUT2D eigenvalue weighted by Crippen LogP contribution is -2.38. The first-order valence-electron chi connectivity index (χ1n) is 9.74. The zero-order chi connectivity index (χ0) is 18.2. The molecule has 1 aromatic rings. The van der Waals surface area contributed by atoms with Gasteiger partial charge in [-0.15, -0.1) is 24.0 Å². The number of halogens is 1. The maximum absolute atomic E-state index is 12.4. The van der Waals surface area contributed by atoms with E-state index in [1.807, 2.05) is 28.8 Å². The van der Waals surface area contributed by atoms with Gasteiger partial charge in [-0.2, -0.15) is 11.8 Å². The molecule has 2 aliphatic heterocycles. The molecule has 7 heteroatoms. The number of nitrogens with one attached hydrogen (secondary N) is 2. The number of rotatable bonds is 7. The van der Waals surface area contributed by atoms with Crippen LogP contribution in [0.15, 0.2) is 29.3 Å². The molecule has 0 bridgehead atoms. The molecule has 0 radical (unpaired) electrons. The Bertz CT molecular complexity index is 609. The first kappa shape index (κ1) is 22.3. The van der Waals surface area contributed by atoms with E-state index < -0.39 is 0 Å². The fraction of sp³-hybridized carbons (Fsp3) is 0.600. The Morgan fingerprint density at radius 3 is 2.63 bits per heavy atom. The van der Waals surface area contributed by atoms with Crippen LogP contribution < -0.4 is 10.6 Å². The quantitative estimate of drug-likeness (QED) is 0.260. The maximum atomic E-state index is 12.4. The second kappa shape index (κ2) is 11.8. The molecule has 0 aromatic heterocycles. The molecule has 27 heavy (non-hydrogen) atoms. The molecule has 1 fully saturated rings. The Labute approximate surface area is 184 Å². The minimum atomic E-state index is 0. The second-order valence-electron chi connectivity index (χ2n) is 6.90. The highest BCUT2D eigenvalue weighted by Crippen LogP contribution is 2.26. The van der Waals surface area contributed by atoms with E-state index >= 15 is 0 Å². The summed E-state index contributed by atoms with van der Waals surface area (Å²) in [6.45, 7) is 6.10. The van der Waals surface area contributed by atoms with Crippen LogP contribution in [0, 0.1) is 0 Å². The number of nitrogens with zero attached hydrogens (tertiary/aromatic N) is 2. The number of guanidine groups is 1. The number of aliphatic imine (C=N–C) groups is 1. The number of fused-ring (bicyclic) bond motifs is 1. The van der Waals surface area contributed by atoms with E-state index in [1.54, 1.807) is 0 Å². The Morgan fingerprint density at radius 2 is 2.00 bits per heavy atom. The van der Waals surface area contributed by atoms with E-state index in [-0.39, 0.29) is 29.9 Å². The predicted octanol–water partition coefficient (Wildman–Crippen LogP) is 3.38. The van der Waals surface area contributed by atoms with Gasteiger partial charge in [-0.25, -0.2) is 0 Å². The molecule has 1 atom stereocenters. The minimum absolute atomic E-state index is 0. The molecule has 1 amide bonds. The van der Waals surface area contributed by atoms with Gasteiger partial charge in [0.15, 0.2) is 5.96 Å². The van der Waals surface area contributed by atoms with Gasteiger partial charge in [-0.1, -0.05) is 24.3 Å². The first-order valence-corrected chi connectivity index (χ1v) is 10.8. The van der Waals surface area contributed by atoms with Crippen LogP contribution in [0.25, 0.3) is 0 Å². The van der Waals surface area contributed by atoms with E-state index in [1.165, 1.54) is 29.7 Å². The van der Waals surface area contributed by atoms with Crippen LogP contribution in [-0.4, -0.2) is 47.4 Å². The molecule has 2 N–H and O–H groups in total. The van der Waals surface area contributed by atoms with Crippen molar-refractivity contribution in [3.05, 3.63) is 35.4 Å². The molecular formula is C20H31IN4OS. The SMILES string of the molecule is CCNC(=NCC1CCCS1)NCCCC(=O)N1Cc2ccccc2C1.I. The van der Waals surface area contributed by atoms with E-state index in [0.29, 0.717) is 11.7 Å². The number of amides is 1. The number of benzene rings is 1. The molecule has 0 saturated carbocycles. The zero-order valence-electron chi connectivity index (χ0n) is 16.1. The van der Waals surface area contributed by atoms with Gasteiger partial charge in [0.2, 0.25) is 5.91 Å². The summed E-state index contributed by atoms with van der Waals surface area (Å²) in [6.07, 6.45) is 4.00. The topological polar surface area (TPSA) is 56.7 Å². The molecule has 0 spiro atoms. The van der Waals surface area contributed by atoms with E-state index in [2.05, 4.69) is 29.7 Å². The van der Waals surface area contributed by atoms with Gasteiger partial charge in [-0.3, -0.25) is 9.79 Å². The largest absolute Gasteiger partial charge is 0.357 e. The van der Waals surface area contributed by atoms with Crippen LogP contribution >= 0.6 is 35.7 Å². The fourth-order valence-electron chi connectivity index (χ4n) is 3.44. The van der Waals surface area contributed by atoms with Crippen LogP contribution in [0.2, 0.25) is 0 Å². The standard InChI is InChI=1S/C20H30N4OS.HI/c1-2-21-20(23-13-18-9-6-12-26-18)22-11-5-10-19(25)24-14-16-7-3-4-8-17(16)15-24;/h3-4,7-8,18H,2,5-6,9-15H2,1H3,(H2,21,22,23);1H. The predicted molar refractivity (Wildman–Crippen MR) is 125 cm³/mol. The summed E-state index contributed by atoms with van der Waals surface area (Å²) >= 11 is 2.03. The molecule has 1 unspecified atom stereocenters. The molecule has 150 valence electrons.